The van der Waals surface area contributed by atoms with E-state index in [-0.39, 0.29) is 6.04 Å². The van der Waals surface area contributed by atoms with Crippen molar-refractivity contribution in [1.29, 1.82) is 0 Å². The van der Waals surface area contributed by atoms with Crippen molar-refractivity contribution >= 4 is 24.4 Å². The lowest BCUT2D eigenvalue weighted by molar-refractivity contribution is 0.122. The van der Waals surface area contributed by atoms with E-state index in [1.165, 1.54) is 0 Å². The molecule has 0 amide bonds. The molecule has 7 nitrogen and oxygen atoms in total. The minimum Gasteiger partial charge on any atom is -0.429 e. The molecule has 1 unspecified atom stereocenters. The maximum atomic E-state index is 5.82. The van der Waals surface area contributed by atoms with Crippen LogP contribution in [0.3, 0.4) is 0 Å². The molecule has 0 saturated carbocycles. The van der Waals surface area contributed by atoms with Gasteiger partial charge in [-0.05, 0) is 32.6 Å². The third-order valence-electron chi connectivity index (χ3n) is 2.85. The Balaban J connectivity index is 2.03. The molecule has 9 heteroatoms. The van der Waals surface area contributed by atoms with Gasteiger partial charge in [0, 0.05) is 19.1 Å². The largest absolute Gasteiger partial charge is 0.429 e. The predicted octanol–water partition coefficient (Wildman–Crippen LogP) is 1.95. The van der Waals surface area contributed by atoms with Crippen LogP contribution in [-0.4, -0.2) is 48.9 Å². The Kier molecular flexibility index (Phi) is 6.52. The Hall–Kier alpha value is -0.790. The van der Waals surface area contributed by atoms with Gasteiger partial charge in [0.1, 0.15) is 0 Å². The first-order valence-corrected chi connectivity index (χ1v) is 10.0. The van der Waals surface area contributed by atoms with E-state index in [4.69, 9.17) is 25.6 Å². The summed E-state index contributed by atoms with van der Waals surface area (Å²) in [5, 5.41) is 3.18. The van der Waals surface area contributed by atoms with Gasteiger partial charge in [0.15, 0.2) is 5.75 Å². The van der Waals surface area contributed by atoms with Crippen molar-refractivity contribution in [1.82, 2.24) is 15.1 Å². The lowest BCUT2D eigenvalue weighted by Crippen LogP contribution is -2.37. The van der Waals surface area contributed by atoms with Crippen LogP contribution < -0.4 is 14.5 Å². The van der Waals surface area contributed by atoms with Crippen molar-refractivity contribution in [3.63, 3.8) is 0 Å². The summed E-state index contributed by atoms with van der Waals surface area (Å²) in [6.07, 6.45) is 3.28. The summed E-state index contributed by atoms with van der Waals surface area (Å²) < 4.78 is 16.7. The average Bonchev–Trinajstić information content (AvgIpc) is 2.48. The van der Waals surface area contributed by atoms with E-state index in [0.29, 0.717) is 31.5 Å². The summed E-state index contributed by atoms with van der Waals surface area (Å²) in [5.74, 6) is 1.19. The van der Waals surface area contributed by atoms with E-state index in [1.54, 1.807) is 12.4 Å². The molecule has 1 aliphatic heterocycles. The van der Waals surface area contributed by atoms with Gasteiger partial charge in [0.2, 0.25) is 5.95 Å². The van der Waals surface area contributed by atoms with Crippen molar-refractivity contribution in [3.8, 4) is 5.75 Å². The Morgan fingerprint density at radius 2 is 2.00 bits per heavy atom. The third-order valence-corrected chi connectivity index (χ3v) is 5.59. The van der Waals surface area contributed by atoms with Gasteiger partial charge >= 0.3 is 6.64 Å². The maximum absolute atomic E-state index is 5.82. The fourth-order valence-corrected chi connectivity index (χ4v) is 4.73. The van der Waals surface area contributed by atoms with Crippen LogP contribution in [-0.2, 0) is 21.1 Å². The van der Waals surface area contributed by atoms with Gasteiger partial charge in [-0.2, -0.15) is 0 Å². The van der Waals surface area contributed by atoms with Gasteiger partial charge in [0.25, 0.3) is 0 Å². The van der Waals surface area contributed by atoms with E-state index in [2.05, 4.69) is 20.0 Å². The maximum Gasteiger partial charge on any atom is 0.313 e. The highest BCUT2D eigenvalue weighted by molar-refractivity contribution is 8.09. The third kappa shape index (κ3) is 5.14. The molecule has 1 fully saturated rings. The van der Waals surface area contributed by atoms with Crippen molar-refractivity contribution in [2.75, 3.05) is 37.8 Å². The molecule has 0 bridgehead atoms. The standard InChI is InChI=1S/C13H23N4O3PS/c1-4-19-21(22,16-11(2)3)20-12-9-14-13(15-10-12)17-5-7-18-8-6-17/h9-11H,4-8H2,1-3H3,(H,16,22). The highest BCUT2D eigenvalue weighted by Crippen LogP contribution is 2.44. The predicted molar refractivity (Wildman–Crippen MR) is 89.9 cm³/mol. The molecule has 22 heavy (non-hydrogen) atoms. The van der Waals surface area contributed by atoms with Gasteiger partial charge in [0.05, 0.1) is 32.2 Å². The number of aromatic nitrogens is 2. The normalized spacial score (nSPS) is 18.3. The highest BCUT2D eigenvalue weighted by Gasteiger charge is 2.22. The summed E-state index contributed by atoms with van der Waals surface area (Å²) in [4.78, 5) is 10.8. The summed E-state index contributed by atoms with van der Waals surface area (Å²) in [6, 6.07) is 0.172. The van der Waals surface area contributed by atoms with Crippen molar-refractivity contribution in [2.24, 2.45) is 0 Å². The van der Waals surface area contributed by atoms with E-state index in [9.17, 15) is 0 Å². The smallest absolute Gasteiger partial charge is 0.313 e. The Bertz CT molecular complexity index is 509. The number of morpholine rings is 1. The lowest BCUT2D eigenvalue weighted by atomic mass is 10.4. The molecular weight excluding hydrogens is 323 g/mol. The van der Waals surface area contributed by atoms with Crippen molar-refractivity contribution in [3.05, 3.63) is 12.4 Å². The van der Waals surface area contributed by atoms with Gasteiger partial charge < -0.3 is 18.7 Å². The molecule has 2 heterocycles. The quantitative estimate of drug-likeness (QED) is 0.752. The van der Waals surface area contributed by atoms with Crippen molar-refractivity contribution in [2.45, 2.75) is 26.8 Å². The molecule has 0 aromatic carbocycles. The van der Waals surface area contributed by atoms with Crippen molar-refractivity contribution < 1.29 is 13.8 Å². The average molecular weight is 346 g/mol. The first-order chi connectivity index (χ1) is 10.5. The van der Waals surface area contributed by atoms with Gasteiger partial charge in [-0.1, -0.05) is 0 Å². The molecule has 2 rings (SSSR count). The van der Waals surface area contributed by atoms with E-state index < -0.39 is 6.64 Å². The zero-order valence-corrected chi connectivity index (χ0v) is 14.9. The topological polar surface area (TPSA) is 68.7 Å². The van der Waals surface area contributed by atoms with Gasteiger partial charge in [-0.3, -0.25) is 0 Å². The SMILES string of the molecule is CCOP(=S)(NC(C)C)Oc1cnc(N2CCOCC2)nc1. The van der Waals surface area contributed by atoms with Crippen LogP contribution in [0, 0.1) is 0 Å². The van der Waals surface area contributed by atoms with Crippen LogP contribution in [0.15, 0.2) is 12.4 Å². The molecule has 124 valence electrons. The minimum atomic E-state index is -2.57. The molecule has 1 aromatic heterocycles. The van der Waals surface area contributed by atoms with Gasteiger partial charge in [-0.15, -0.1) is 0 Å². The van der Waals surface area contributed by atoms with E-state index in [1.807, 2.05) is 20.8 Å². The number of rotatable bonds is 7. The van der Waals surface area contributed by atoms with Crippen LogP contribution in [0.2, 0.25) is 0 Å². The first kappa shape index (κ1) is 17.6. The van der Waals surface area contributed by atoms with Gasteiger partial charge in [-0.25, -0.2) is 15.1 Å². The summed E-state index contributed by atoms with van der Waals surface area (Å²) >= 11 is 5.49. The molecule has 1 saturated heterocycles. The second-order valence-electron chi connectivity index (χ2n) is 5.11. The molecule has 0 aliphatic carbocycles. The minimum absolute atomic E-state index is 0.172. The van der Waals surface area contributed by atoms with Crippen LogP contribution in [0.1, 0.15) is 20.8 Å². The highest BCUT2D eigenvalue weighted by atomic mass is 32.5. The Morgan fingerprint density at radius 3 is 2.55 bits per heavy atom. The zero-order valence-electron chi connectivity index (χ0n) is 13.2. The number of nitrogens with one attached hydrogen (secondary N) is 1. The molecule has 1 N–H and O–H groups in total. The molecular formula is C13H23N4O3PS. The fourth-order valence-electron chi connectivity index (χ4n) is 2.00. The Labute approximate surface area is 136 Å². The second-order valence-corrected chi connectivity index (χ2v) is 8.24. The number of anilines is 1. The molecule has 1 atom stereocenters. The van der Waals surface area contributed by atoms with Crippen LogP contribution >= 0.6 is 6.64 Å². The Morgan fingerprint density at radius 1 is 1.36 bits per heavy atom. The number of ether oxygens (including phenoxy) is 1. The number of hydrogen-bond donors (Lipinski definition) is 1. The van der Waals surface area contributed by atoms with Crippen LogP contribution in [0.4, 0.5) is 5.95 Å². The zero-order chi connectivity index (χ0) is 16.0. The molecule has 0 radical (unpaired) electrons. The molecule has 0 spiro atoms. The summed E-state index contributed by atoms with van der Waals surface area (Å²) in [5.41, 5.74) is 0. The van der Waals surface area contributed by atoms with Crippen LogP contribution in [0.25, 0.3) is 0 Å². The summed E-state index contributed by atoms with van der Waals surface area (Å²) in [6.45, 7) is 6.81. The molecule has 1 aromatic rings. The lowest BCUT2D eigenvalue weighted by Gasteiger charge is -2.27. The number of nitrogens with zero attached hydrogens (tertiary/aromatic N) is 3. The monoisotopic (exact) mass is 346 g/mol. The first-order valence-electron chi connectivity index (χ1n) is 7.39. The van der Waals surface area contributed by atoms with E-state index in [0.717, 1.165) is 13.1 Å². The number of hydrogen-bond acceptors (Lipinski definition) is 7. The van der Waals surface area contributed by atoms with Crippen LogP contribution in [0.5, 0.6) is 5.75 Å². The van der Waals surface area contributed by atoms with E-state index >= 15 is 0 Å². The molecule has 1 aliphatic rings. The fraction of sp³-hybridized carbons (Fsp3) is 0.692. The second kappa shape index (κ2) is 8.17. The summed E-state index contributed by atoms with van der Waals surface area (Å²) in [7, 11) is 0.